The van der Waals surface area contributed by atoms with Gasteiger partial charge in [-0.2, -0.15) is 12.7 Å². The van der Waals surface area contributed by atoms with Crippen molar-refractivity contribution < 1.29 is 13.2 Å². The number of anilines is 1. The lowest BCUT2D eigenvalue weighted by atomic mass is 9.97. The van der Waals surface area contributed by atoms with E-state index in [-0.39, 0.29) is 12.5 Å². The fraction of sp³-hybridized carbons (Fsp3) is 0.500. The van der Waals surface area contributed by atoms with Crippen molar-refractivity contribution in [1.29, 1.82) is 0 Å². The summed E-state index contributed by atoms with van der Waals surface area (Å²) in [5.41, 5.74) is 1.86. The van der Waals surface area contributed by atoms with Crippen LogP contribution in [0.15, 0.2) is 42.0 Å². The van der Waals surface area contributed by atoms with Crippen molar-refractivity contribution in [1.82, 2.24) is 9.62 Å². The molecule has 0 spiro atoms. The Balaban J connectivity index is 1.99. The van der Waals surface area contributed by atoms with Gasteiger partial charge in [-0.1, -0.05) is 29.8 Å². The first-order valence-electron chi connectivity index (χ1n) is 8.61. The van der Waals surface area contributed by atoms with E-state index in [1.165, 1.54) is 32.5 Å². The number of carbonyl (C=O) groups is 1. The molecule has 25 heavy (non-hydrogen) atoms. The SMILES string of the molecule is CN(C)S(=O)(=O)N(CC(=O)NCCC1=CCCCC1)c1ccccc1. The maximum atomic E-state index is 12.6. The summed E-state index contributed by atoms with van der Waals surface area (Å²) in [6.07, 6.45) is 7.75. The molecule has 2 rings (SSSR count). The van der Waals surface area contributed by atoms with Crippen molar-refractivity contribution in [3.05, 3.63) is 42.0 Å². The second-order valence-electron chi connectivity index (χ2n) is 6.34. The minimum Gasteiger partial charge on any atom is -0.354 e. The third-order valence-corrected chi connectivity index (χ3v) is 6.04. The second-order valence-corrected chi connectivity index (χ2v) is 8.41. The molecule has 1 aliphatic carbocycles. The molecule has 0 atom stereocenters. The number of nitrogens with one attached hydrogen (secondary N) is 1. The topological polar surface area (TPSA) is 69.7 Å². The average Bonchev–Trinajstić information content (AvgIpc) is 2.61. The molecule has 1 N–H and O–H groups in total. The van der Waals surface area contributed by atoms with Crippen molar-refractivity contribution in [2.45, 2.75) is 32.1 Å². The molecule has 0 saturated heterocycles. The van der Waals surface area contributed by atoms with Gasteiger partial charge in [0.1, 0.15) is 6.54 Å². The highest BCUT2D eigenvalue weighted by Gasteiger charge is 2.26. The number of carbonyl (C=O) groups excluding carboxylic acids is 1. The van der Waals surface area contributed by atoms with Crippen molar-refractivity contribution >= 4 is 21.8 Å². The Kier molecular flexibility index (Phi) is 7.01. The van der Waals surface area contributed by atoms with Gasteiger partial charge in [0, 0.05) is 20.6 Å². The zero-order valence-electron chi connectivity index (χ0n) is 14.9. The van der Waals surface area contributed by atoms with Gasteiger partial charge in [0.15, 0.2) is 0 Å². The molecule has 0 heterocycles. The highest BCUT2D eigenvalue weighted by Crippen LogP contribution is 2.20. The normalized spacial score (nSPS) is 14.9. The highest BCUT2D eigenvalue weighted by atomic mass is 32.2. The van der Waals surface area contributed by atoms with Gasteiger partial charge in [0.25, 0.3) is 0 Å². The van der Waals surface area contributed by atoms with Gasteiger partial charge in [-0.15, -0.1) is 0 Å². The van der Waals surface area contributed by atoms with Crippen LogP contribution in [0, 0.1) is 0 Å². The van der Waals surface area contributed by atoms with Gasteiger partial charge in [-0.3, -0.25) is 4.79 Å². The first-order valence-corrected chi connectivity index (χ1v) is 10.0. The lowest BCUT2D eigenvalue weighted by molar-refractivity contribution is -0.119. The Morgan fingerprint density at radius 2 is 1.88 bits per heavy atom. The molecule has 0 aliphatic heterocycles. The molecule has 0 unspecified atom stereocenters. The molecule has 0 radical (unpaired) electrons. The number of para-hydroxylation sites is 1. The minimum absolute atomic E-state index is 0.233. The van der Waals surface area contributed by atoms with Crippen LogP contribution in [-0.2, 0) is 15.0 Å². The van der Waals surface area contributed by atoms with Gasteiger partial charge >= 0.3 is 10.2 Å². The van der Waals surface area contributed by atoms with Crippen LogP contribution in [0.2, 0.25) is 0 Å². The molecule has 0 bridgehead atoms. The number of rotatable bonds is 8. The van der Waals surface area contributed by atoms with E-state index in [0.717, 1.165) is 27.9 Å². The molecule has 1 aliphatic rings. The first kappa shape index (κ1) is 19.5. The van der Waals surface area contributed by atoms with Crippen LogP contribution in [0.4, 0.5) is 5.69 Å². The number of allylic oxidation sites excluding steroid dienone is 1. The predicted molar refractivity (Wildman–Crippen MR) is 101 cm³/mol. The second kappa shape index (κ2) is 9.01. The van der Waals surface area contributed by atoms with E-state index in [1.54, 1.807) is 24.3 Å². The summed E-state index contributed by atoms with van der Waals surface area (Å²) in [6, 6.07) is 8.67. The summed E-state index contributed by atoms with van der Waals surface area (Å²) in [6.45, 7) is 0.304. The van der Waals surface area contributed by atoms with Gasteiger partial charge < -0.3 is 5.32 Å². The quantitative estimate of drug-likeness (QED) is 0.719. The fourth-order valence-electron chi connectivity index (χ4n) is 2.78. The van der Waals surface area contributed by atoms with Crippen LogP contribution < -0.4 is 9.62 Å². The largest absolute Gasteiger partial charge is 0.354 e. The molecular weight excluding hydrogens is 338 g/mol. The molecule has 0 saturated carbocycles. The van der Waals surface area contributed by atoms with Gasteiger partial charge in [-0.25, -0.2) is 4.31 Å². The number of amides is 1. The molecule has 1 amide bonds. The predicted octanol–water partition coefficient (Wildman–Crippen LogP) is 2.31. The summed E-state index contributed by atoms with van der Waals surface area (Å²) < 4.78 is 27.3. The zero-order valence-corrected chi connectivity index (χ0v) is 15.8. The molecular formula is C18H27N3O3S. The van der Waals surface area contributed by atoms with E-state index < -0.39 is 10.2 Å². The van der Waals surface area contributed by atoms with Crippen LogP contribution in [0.3, 0.4) is 0 Å². The number of nitrogens with zero attached hydrogens (tertiary/aromatic N) is 2. The van der Waals surface area contributed by atoms with Crippen LogP contribution >= 0.6 is 0 Å². The molecule has 1 aromatic carbocycles. The van der Waals surface area contributed by atoms with Gasteiger partial charge in [-0.05, 0) is 44.2 Å². The lowest BCUT2D eigenvalue weighted by Crippen LogP contribution is -2.46. The third-order valence-electron chi connectivity index (χ3n) is 4.22. The van der Waals surface area contributed by atoms with E-state index in [9.17, 15) is 13.2 Å². The Labute approximate surface area is 150 Å². The Morgan fingerprint density at radius 1 is 1.16 bits per heavy atom. The van der Waals surface area contributed by atoms with Crippen LogP contribution in [-0.4, -0.2) is 45.8 Å². The number of hydrogen-bond donors (Lipinski definition) is 1. The fourth-order valence-corrected chi connectivity index (χ4v) is 3.84. The van der Waals surface area contributed by atoms with Crippen molar-refractivity contribution in [2.24, 2.45) is 0 Å². The Hall–Kier alpha value is -1.86. The van der Waals surface area contributed by atoms with Crippen LogP contribution in [0.25, 0.3) is 0 Å². The standard InChI is InChI=1S/C18H27N3O3S/c1-20(2)25(23,24)21(17-11-7-4-8-12-17)15-18(22)19-14-13-16-9-5-3-6-10-16/h4,7-9,11-12H,3,5-6,10,13-15H2,1-2H3,(H,19,22). The van der Waals surface area contributed by atoms with Gasteiger partial charge in [0.05, 0.1) is 5.69 Å². The minimum atomic E-state index is -3.74. The monoisotopic (exact) mass is 365 g/mol. The molecule has 0 aromatic heterocycles. The summed E-state index contributed by atoms with van der Waals surface area (Å²) in [7, 11) is -0.824. The van der Waals surface area contributed by atoms with Crippen molar-refractivity contribution in [3.63, 3.8) is 0 Å². The summed E-state index contributed by atoms with van der Waals surface area (Å²) in [5.74, 6) is -0.300. The number of benzene rings is 1. The molecule has 6 nitrogen and oxygen atoms in total. The van der Waals surface area contributed by atoms with E-state index in [2.05, 4.69) is 11.4 Å². The Bertz CT molecular complexity index is 700. The highest BCUT2D eigenvalue weighted by molar-refractivity contribution is 7.90. The Morgan fingerprint density at radius 3 is 2.48 bits per heavy atom. The first-order chi connectivity index (χ1) is 11.9. The molecule has 7 heteroatoms. The van der Waals surface area contributed by atoms with Crippen molar-refractivity contribution in [2.75, 3.05) is 31.5 Å². The maximum Gasteiger partial charge on any atom is 0.304 e. The van der Waals surface area contributed by atoms with Gasteiger partial charge in [0.2, 0.25) is 5.91 Å². The van der Waals surface area contributed by atoms with E-state index in [4.69, 9.17) is 0 Å². The molecule has 0 fully saturated rings. The summed E-state index contributed by atoms with van der Waals surface area (Å²) in [5, 5.41) is 2.84. The number of hydrogen-bond acceptors (Lipinski definition) is 3. The lowest BCUT2D eigenvalue weighted by Gasteiger charge is -2.27. The van der Waals surface area contributed by atoms with Crippen molar-refractivity contribution in [3.8, 4) is 0 Å². The average molecular weight is 365 g/mol. The maximum absolute atomic E-state index is 12.6. The molecule has 1 aromatic rings. The van der Waals surface area contributed by atoms with E-state index >= 15 is 0 Å². The summed E-state index contributed by atoms with van der Waals surface area (Å²) in [4.78, 5) is 12.3. The van der Waals surface area contributed by atoms with E-state index in [0.29, 0.717) is 12.2 Å². The smallest absolute Gasteiger partial charge is 0.304 e. The third kappa shape index (κ3) is 5.57. The van der Waals surface area contributed by atoms with Crippen LogP contribution in [0.5, 0.6) is 0 Å². The van der Waals surface area contributed by atoms with E-state index in [1.807, 2.05) is 6.07 Å². The summed E-state index contributed by atoms with van der Waals surface area (Å²) >= 11 is 0. The molecule has 138 valence electrons. The van der Waals surface area contributed by atoms with Crippen LogP contribution in [0.1, 0.15) is 32.1 Å². The zero-order chi connectivity index (χ0) is 18.3.